The van der Waals surface area contributed by atoms with Gasteiger partial charge in [0.15, 0.2) is 5.78 Å². The molecular formula is C11H14O3. The highest BCUT2D eigenvalue weighted by molar-refractivity contribution is 5.98. The molecule has 0 aromatic heterocycles. The van der Waals surface area contributed by atoms with Crippen LogP contribution in [0.2, 0.25) is 0 Å². The molecular weight excluding hydrogens is 180 g/mol. The molecule has 76 valence electrons. The molecule has 0 bridgehead atoms. The SMILES string of the molecule is C=C(C)C(=O)O.C=CC=CC(=O)C=C. The van der Waals surface area contributed by atoms with Crippen LogP contribution in [0.4, 0.5) is 0 Å². The molecule has 0 fully saturated rings. The topological polar surface area (TPSA) is 54.4 Å². The highest BCUT2D eigenvalue weighted by Gasteiger charge is 1.90. The number of aliphatic carboxylic acids is 1. The van der Waals surface area contributed by atoms with E-state index >= 15 is 0 Å². The largest absolute Gasteiger partial charge is 0.478 e. The van der Waals surface area contributed by atoms with Gasteiger partial charge in [0, 0.05) is 5.57 Å². The van der Waals surface area contributed by atoms with Gasteiger partial charge in [-0.15, -0.1) is 0 Å². The fraction of sp³-hybridized carbons (Fsp3) is 0.0909. The first-order valence-corrected chi connectivity index (χ1v) is 3.80. The lowest BCUT2D eigenvalue weighted by molar-refractivity contribution is -0.132. The summed E-state index contributed by atoms with van der Waals surface area (Å²) in [5, 5.41) is 7.89. The van der Waals surface area contributed by atoms with Crippen LogP contribution in [0.1, 0.15) is 6.92 Å². The Hall–Kier alpha value is -1.90. The summed E-state index contributed by atoms with van der Waals surface area (Å²) < 4.78 is 0. The van der Waals surface area contributed by atoms with E-state index in [1.807, 2.05) is 0 Å². The lowest BCUT2D eigenvalue weighted by Crippen LogP contribution is -1.92. The van der Waals surface area contributed by atoms with E-state index in [0.29, 0.717) is 0 Å². The summed E-state index contributed by atoms with van der Waals surface area (Å²) >= 11 is 0. The Labute approximate surface area is 83.8 Å². The quantitative estimate of drug-likeness (QED) is 0.551. The van der Waals surface area contributed by atoms with Gasteiger partial charge in [-0.3, -0.25) is 4.79 Å². The van der Waals surface area contributed by atoms with Crippen LogP contribution in [0, 0.1) is 0 Å². The molecule has 1 N–H and O–H groups in total. The second-order valence-corrected chi connectivity index (χ2v) is 2.29. The minimum absolute atomic E-state index is 0.0927. The Bertz CT molecular complexity index is 260. The van der Waals surface area contributed by atoms with Crippen molar-refractivity contribution in [2.75, 3.05) is 0 Å². The average Bonchev–Trinajstić information content (AvgIpc) is 2.14. The van der Waals surface area contributed by atoms with Gasteiger partial charge in [0.2, 0.25) is 0 Å². The maximum Gasteiger partial charge on any atom is 0.330 e. The number of carbonyl (C=O) groups excluding carboxylic acids is 1. The number of allylic oxidation sites excluding steroid dienone is 4. The number of hydrogen-bond donors (Lipinski definition) is 1. The number of carboxylic acids is 1. The van der Waals surface area contributed by atoms with Crippen molar-refractivity contribution < 1.29 is 14.7 Å². The average molecular weight is 194 g/mol. The van der Waals surface area contributed by atoms with Crippen LogP contribution in [0.25, 0.3) is 0 Å². The van der Waals surface area contributed by atoms with Crippen molar-refractivity contribution in [2.24, 2.45) is 0 Å². The zero-order valence-corrected chi connectivity index (χ0v) is 8.19. The van der Waals surface area contributed by atoms with Crippen molar-refractivity contribution in [3.05, 3.63) is 49.6 Å². The van der Waals surface area contributed by atoms with E-state index in [1.165, 1.54) is 19.1 Å². The molecule has 0 radical (unpaired) electrons. The Morgan fingerprint density at radius 1 is 1.29 bits per heavy atom. The fourth-order valence-corrected chi connectivity index (χ4v) is 0.231. The summed E-state index contributed by atoms with van der Waals surface area (Å²) in [5.41, 5.74) is 0.176. The highest BCUT2D eigenvalue weighted by atomic mass is 16.4. The first-order valence-electron chi connectivity index (χ1n) is 3.80. The van der Waals surface area contributed by atoms with Gasteiger partial charge in [-0.2, -0.15) is 0 Å². The zero-order valence-electron chi connectivity index (χ0n) is 8.19. The zero-order chi connectivity index (χ0) is 11.6. The van der Waals surface area contributed by atoms with E-state index < -0.39 is 5.97 Å². The van der Waals surface area contributed by atoms with Crippen LogP contribution in [0.15, 0.2) is 49.6 Å². The molecule has 3 nitrogen and oxygen atoms in total. The number of ketones is 1. The molecule has 0 saturated carbocycles. The van der Waals surface area contributed by atoms with E-state index in [-0.39, 0.29) is 11.4 Å². The number of carbonyl (C=O) groups is 2. The molecule has 14 heavy (non-hydrogen) atoms. The van der Waals surface area contributed by atoms with Crippen molar-refractivity contribution in [2.45, 2.75) is 6.92 Å². The van der Waals surface area contributed by atoms with E-state index in [1.54, 1.807) is 12.2 Å². The summed E-state index contributed by atoms with van der Waals surface area (Å²) in [6.45, 7) is 11.3. The summed E-state index contributed by atoms with van der Waals surface area (Å²) in [7, 11) is 0. The third-order valence-electron chi connectivity index (χ3n) is 0.963. The van der Waals surface area contributed by atoms with E-state index in [2.05, 4.69) is 19.7 Å². The molecule has 0 aliphatic rings. The maximum atomic E-state index is 10.3. The van der Waals surface area contributed by atoms with Gasteiger partial charge in [-0.1, -0.05) is 31.9 Å². The van der Waals surface area contributed by atoms with Gasteiger partial charge < -0.3 is 5.11 Å². The normalized spacial score (nSPS) is 8.36. The number of hydrogen-bond acceptors (Lipinski definition) is 2. The minimum Gasteiger partial charge on any atom is -0.478 e. The lowest BCUT2D eigenvalue weighted by Gasteiger charge is -1.79. The third kappa shape index (κ3) is 12.7. The first-order chi connectivity index (χ1) is 6.45. The van der Waals surface area contributed by atoms with E-state index in [4.69, 9.17) is 5.11 Å². The molecule has 0 heterocycles. The molecule has 0 spiro atoms. The summed E-state index contributed by atoms with van der Waals surface area (Å²) in [4.78, 5) is 19.9. The van der Waals surface area contributed by atoms with Crippen LogP contribution in [-0.2, 0) is 9.59 Å². The molecule has 0 unspecified atom stereocenters. The van der Waals surface area contributed by atoms with E-state index in [0.717, 1.165) is 0 Å². The highest BCUT2D eigenvalue weighted by Crippen LogP contribution is 1.81. The van der Waals surface area contributed by atoms with Crippen molar-refractivity contribution in [3.8, 4) is 0 Å². The summed E-state index contributed by atoms with van der Waals surface area (Å²) in [5.74, 6) is -1.03. The smallest absolute Gasteiger partial charge is 0.330 e. The van der Waals surface area contributed by atoms with Crippen LogP contribution in [0.3, 0.4) is 0 Å². The third-order valence-corrected chi connectivity index (χ3v) is 0.963. The summed E-state index contributed by atoms with van der Waals surface area (Å²) in [6, 6.07) is 0. The summed E-state index contributed by atoms with van der Waals surface area (Å²) in [6.07, 6.45) is 5.77. The predicted molar refractivity (Wildman–Crippen MR) is 57.0 cm³/mol. The predicted octanol–water partition coefficient (Wildman–Crippen LogP) is 2.13. The molecule has 0 aliphatic heterocycles. The van der Waals surface area contributed by atoms with Gasteiger partial charge in [0.1, 0.15) is 0 Å². The van der Waals surface area contributed by atoms with Crippen molar-refractivity contribution in [1.82, 2.24) is 0 Å². The van der Waals surface area contributed by atoms with Crippen molar-refractivity contribution in [1.29, 1.82) is 0 Å². The number of carboxylic acid groups (broad SMARTS) is 1. The Kier molecular flexibility index (Phi) is 9.59. The molecule has 0 saturated heterocycles. The molecule has 3 heteroatoms. The molecule has 0 amide bonds. The van der Waals surface area contributed by atoms with Gasteiger partial charge in [-0.25, -0.2) is 4.79 Å². The lowest BCUT2D eigenvalue weighted by atomic mass is 10.3. The monoisotopic (exact) mass is 194 g/mol. The van der Waals surface area contributed by atoms with Gasteiger partial charge in [0.05, 0.1) is 0 Å². The Morgan fingerprint density at radius 2 is 1.71 bits per heavy atom. The maximum absolute atomic E-state index is 10.3. The van der Waals surface area contributed by atoms with Gasteiger partial charge in [0.25, 0.3) is 0 Å². The van der Waals surface area contributed by atoms with Crippen LogP contribution >= 0.6 is 0 Å². The first kappa shape index (κ1) is 14.6. The standard InChI is InChI=1S/C7H8O.C4H6O2/c1-3-5-6-7(8)4-2;1-3(2)4(5)6/h3-6H,1-2H2;1H2,2H3,(H,5,6). The van der Waals surface area contributed by atoms with Crippen molar-refractivity contribution >= 4 is 11.8 Å². The molecule has 0 atom stereocenters. The van der Waals surface area contributed by atoms with Crippen molar-refractivity contribution in [3.63, 3.8) is 0 Å². The van der Waals surface area contributed by atoms with Crippen LogP contribution < -0.4 is 0 Å². The Balaban J connectivity index is 0. The molecule has 0 aliphatic carbocycles. The van der Waals surface area contributed by atoms with E-state index in [9.17, 15) is 9.59 Å². The second kappa shape index (κ2) is 9.19. The fourth-order valence-electron chi connectivity index (χ4n) is 0.231. The number of rotatable bonds is 4. The van der Waals surface area contributed by atoms with Crippen LogP contribution in [0.5, 0.6) is 0 Å². The molecule has 0 rings (SSSR count). The van der Waals surface area contributed by atoms with Crippen LogP contribution in [-0.4, -0.2) is 16.9 Å². The Morgan fingerprint density at radius 3 is 1.93 bits per heavy atom. The molecule has 0 aromatic carbocycles. The van der Waals surface area contributed by atoms with Gasteiger partial charge >= 0.3 is 5.97 Å². The van der Waals surface area contributed by atoms with Gasteiger partial charge in [-0.05, 0) is 19.1 Å². The molecule has 0 aromatic rings. The minimum atomic E-state index is -0.935. The second-order valence-electron chi connectivity index (χ2n) is 2.29.